The number of para-hydroxylation sites is 1. The molecule has 1 amide bonds. The highest BCUT2D eigenvalue weighted by Gasteiger charge is 2.31. The summed E-state index contributed by atoms with van der Waals surface area (Å²) in [6, 6.07) is 8.65. The highest BCUT2D eigenvalue weighted by molar-refractivity contribution is 5.83. The Morgan fingerprint density at radius 2 is 1.76 bits per heavy atom. The van der Waals surface area contributed by atoms with E-state index in [1.165, 1.54) is 68.1 Å². The molecule has 1 aromatic carbocycles. The van der Waals surface area contributed by atoms with E-state index in [0.29, 0.717) is 12.1 Å². The number of benzene rings is 1. The molecule has 29 heavy (non-hydrogen) atoms. The van der Waals surface area contributed by atoms with Gasteiger partial charge in [0.15, 0.2) is 0 Å². The average Bonchev–Trinajstić information content (AvgIpc) is 3.10. The summed E-state index contributed by atoms with van der Waals surface area (Å²) in [5.74, 6) is 0.391. The number of rotatable bonds is 7. The normalized spacial score (nSPS) is 21.0. The zero-order chi connectivity index (χ0) is 20.1. The van der Waals surface area contributed by atoms with Gasteiger partial charge in [-0.15, -0.1) is 0 Å². The Morgan fingerprint density at radius 1 is 0.966 bits per heavy atom. The maximum absolute atomic E-state index is 13.0. The Bertz CT molecular complexity index is 806. The molecule has 158 valence electrons. The van der Waals surface area contributed by atoms with Gasteiger partial charge in [-0.2, -0.15) is 0 Å². The van der Waals surface area contributed by atoms with Crippen LogP contribution in [0.4, 0.5) is 0 Å². The van der Waals surface area contributed by atoms with Gasteiger partial charge < -0.3 is 9.47 Å². The number of piperidine rings is 2. The van der Waals surface area contributed by atoms with Crippen LogP contribution in [0.3, 0.4) is 0 Å². The molecule has 0 N–H and O–H groups in total. The number of carbonyl (C=O) groups excluding carboxylic acids is 1. The van der Waals surface area contributed by atoms with Crippen LogP contribution in [0, 0.1) is 6.92 Å². The van der Waals surface area contributed by atoms with Gasteiger partial charge in [-0.25, -0.2) is 0 Å². The smallest absolute Gasteiger partial charge is 0.223 e. The molecule has 1 unspecified atom stereocenters. The molecule has 0 saturated carbocycles. The average molecular weight is 396 g/mol. The fraction of sp³-hybridized carbons (Fsp3) is 0.640. The van der Waals surface area contributed by atoms with Gasteiger partial charge in [0.1, 0.15) is 0 Å². The standard InChI is InChI=1S/C25H37N3O/c1-21-20-27(23-13-6-5-12-22(21)23)18-8-2-4-15-25(29)28-19-11-7-14-24(28)26-16-9-3-10-17-26/h5-6,12-13,20,24H,2-4,7-11,14-19H2,1H3. The van der Waals surface area contributed by atoms with Crippen LogP contribution in [0.25, 0.3) is 10.9 Å². The van der Waals surface area contributed by atoms with E-state index >= 15 is 0 Å². The molecule has 0 spiro atoms. The van der Waals surface area contributed by atoms with E-state index in [0.717, 1.165) is 38.8 Å². The molecule has 0 bridgehead atoms. The van der Waals surface area contributed by atoms with Crippen LogP contribution in [0.2, 0.25) is 0 Å². The summed E-state index contributed by atoms with van der Waals surface area (Å²) in [4.78, 5) is 17.8. The highest BCUT2D eigenvalue weighted by atomic mass is 16.2. The van der Waals surface area contributed by atoms with E-state index in [4.69, 9.17) is 0 Å². The molecule has 2 fully saturated rings. The van der Waals surface area contributed by atoms with Crippen molar-refractivity contribution in [2.24, 2.45) is 0 Å². The Hall–Kier alpha value is -1.81. The second kappa shape index (κ2) is 9.80. The molecule has 4 rings (SSSR count). The molecule has 4 heteroatoms. The summed E-state index contributed by atoms with van der Waals surface area (Å²) < 4.78 is 2.38. The minimum Gasteiger partial charge on any atom is -0.347 e. The zero-order valence-electron chi connectivity index (χ0n) is 18.1. The van der Waals surface area contributed by atoms with E-state index in [2.05, 4.69) is 51.8 Å². The summed E-state index contributed by atoms with van der Waals surface area (Å²) in [7, 11) is 0. The van der Waals surface area contributed by atoms with Crippen LogP contribution in [-0.2, 0) is 11.3 Å². The maximum atomic E-state index is 13.0. The first-order valence-corrected chi connectivity index (χ1v) is 11.8. The topological polar surface area (TPSA) is 28.5 Å². The van der Waals surface area contributed by atoms with Crippen molar-refractivity contribution in [3.63, 3.8) is 0 Å². The fourth-order valence-electron chi connectivity index (χ4n) is 5.30. The van der Waals surface area contributed by atoms with Crippen molar-refractivity contribution >= 4 is 16.8 Å². The zero-order valence-corrected chi connectivity index (χ0v) is 18.1. The lowest BCUT2D eigenvalue weighted by Gasteiger charge is -2.44. The molecule has 2 aliphatic rings. The molecule has 2 aliphatic heterocycles. The molecule has 4 nitrogen and oxygen atoms in total. The van der Waals surface area contributed by atoms with E-state index in [1.54, 1.807) is 0 Å². The van der Waals surface area contributed by atoms with Crippen molar-refractivity contribution in [3.05, 3.63) is 36.0 Å². The van der Waals surface area contributed by atoms with Crippen molar-refractivity contribution in [2.45, 2.75) is 83.8 Å². The number of nitrogens with zero attached hydrogens (tertiary/aromatic N) is 3. The Kier molecular flexibility index (Phi) is 6.91. The van der Waals surface area contributed by atoms with Crippen molar-refractivity contribution < 1.29 is 4.79 Å². The Morgan fingerprint density at radius 3 is 2.62 bits per heavy atom. The number of likely N-dealkylation sites (tertiary alicyclic amines) is 2. The van der Waals surface area contributed by atoms with Gasteiger partial charge in [-0.3, -0.25) is 9.69 Å². The summed E-state index contributed by atoms with van der Waals surface area (Å²) in [6.45, 7) is 6.56. The third-order valence-electron chi connectivity index (χ3n) is 6.88. The molecule has 2 saturated heterocycles. The Balaban J connectivity index is 1.23. The lowest BCUT2D eigenvalue weighted by atomic mass is 10.0. The number of hydrogen-bond donors (Lipinski definition) is 0. The van der Waals surface area contributed by atoms with Gasteiger partial charge >= 0.3 is 0 Å². The van der Waals surface area contributed by atoms with Crippen molar-refractivity contribution in [2.75, 3.05) is 19.6 Å². The Labute approximate surface area is 175 Å². The maximum Gasteiger partial charge on any atom is 0.223 e. The number of aryl methyl sites for hydroxylation is 2. The van der Waals surface area contributed by atoms with Crippen LogP contribution in [0.5, 0.6) is 0 Å². The van der Waals surface area contributed by atoms with Crippen LogP contribution >= 0.6 is 0 Å². The SMILES string of the molecule is Cc1cn(CCCCCC(=O)N2CCCCC2N2CCCCC2)c2ccccc12. The molecular weight excluding hydrogens is 358 g/mol. The first-order valence-electron chi connectivity index (χ1n) is 11.8. The summed E-state index contributed by atoms with van der Waals surface area (Å²) in [6.07, 6.45) is 14.2. The summed E-state index contributed by atoms with van der Waals surface area (Å²) in [5, 5.41) is 1.36. The van der Waals surface area contributed by atoms with Crippen molar-refractivity contribution in [3.8, 4) is 0 Å². The second-order valence-corrected chi connectivity index (χ2v) is 8.99. The molecule has 0 radical (unpaired) electrons. The first-order chi connectivity index (χ1) is 14.2. The monoisotopic (exact) mass is 395 g/mol. The molecule has 1 atom stereocenters. The van der Waals surface area contributed by atoms with Gasteiger partial charge in [-0.1, -0.05) is 31.0 Å². The second-order valence-electron chi connectivity index (χ2n) is 8.99. The minimum absolute atomic E-state index is 0.380. The van der Waals surface area contributed by atoms with Crippen molar-refractivity contribution in [1.82, 2.24) is 14.4 Å². The van der Waals surface area contributed by atoms with E-state index in [-0.39, 0.29) is 0 Å². The van der Waals surface area contributed by atoms with Gasteiger partial charge in [0.25, 0.3) is 0 Å². The van der Waals surface area contributed by atoms with Gasteiger partial charge in [-0.05, 0) is 63.5 Å². The summed E-state index contributed by atoms with van der Waals surface area (Å²) in [5.41, 5.74) is 2.68. The van der Waals surface area contributed by atoms with Crippen LogP contribution in [0.15, 0.2) is 30.5 Å². The predicted molar refractivity (Wildman–Crippen MR) is 120 cm³/mol. The largest absolute Gasteiger partial charge is 0.347 e. The number of amides is 1. The number of fused-ring (bicyclic) bond motifs is 1. The molecule has 2 aromatic rings. The van der Waals surface area contributed by atoms with E-state index < -0.39 is 0 Å². The van der Waals surface area contributed by atoms with E-state index in [1.807, 2.05) is 0 Å². The predicted octanol–water partition coefficient (Wildman–Crippen LogP) is 5.33. The van der Waals surface area contributed by atoms with Gasteiger partial charge in [0, 0.05) is 49.7 Å². The van der Waals surface area contributed by atoms with E-state index in [9.17, 15) is 4.79 Å². The number of unbranched alkanes of at least 4 members (excludes halogenated alkanes) is 2. The fourth-order valence-corrected chi connectivity index (χ4v) is 5.30. The van der Waals surface area contributed by atoms with Gasteiger partial charge in [0.2, 0.25) is 5.91 Å². The van der Waals surface area contributed by atoms with Gasteiger partial charge in [0.05, 0.1) is 6.17 Å². The highest BCUT2D eigenvalue weighted by Crippen LogP contribution is 2.25. The third-order valence-corrected chi connectivity index (χ3v) is 6.88. The number of hydrogen-bond acceptors (Lipinski definition) is 2. The van der Waals surface area contributed by atoms with Crippen LogP contribution in [0.1, 0.15) is 69.8 Å². The third kappa shape index (κ3) is 4.85. The molecular formula is C25H37N3O. The molecule has 0 aliphatic carbocycles. The number of carbonyl (C=O) groups is 1. The molecule has 1 aromatic heterocycles. The van der Waals surface area contributed by atoms with Crippen LogP contribution < -0.4 is 0 Å². The number of aromatic nitrogens is 1. The lowest BCUT2D eigenvalue weighted by Crippen LogP contribution is -2.54. The van der Waals surface area contributed by atoms with Crippen molar-refractivity contribution in [1.29, 1.82) is 0 Å². The lowest BCUT2D eigenvalue weighted by molar-refractivity contribution is -0.140. The minimum atomic E-state index is 0.380. The first kappa shape index (κ1) is 20.5. The summed E-state index contributed by atoms with van der Waals surface area (Å²) >= 11 is 0. The molecule has 3 heterocycles. The van der Waals surface area contributed by atoms with Crippen LogP contribution in [-0.4, -0.2) is 46.1 Å². The quantitative estimate of drug-likeness (QED) is 0.593.